The lowest BCUT2D eigenvalue weighted by molar-refractivity contribution is 0.0416. The van der Waals surface area contributed by atoms with Gasteiger partial charge in [-0.25, -0.2) is 0 Å². The van der Waals surface area contributed by atoms with Gasteiger partial charge in [0.1, 0.15) is 11.5 Å². The molecule has 0 saturated carbocycles. The molecule has 0 unspecified atom stereocenters. The minimum absolute atomic E-state index is 0.104. The van der Waals surface area contributed by atoms with Crippen LogP contribution in [0, 0.1) is 10.8 Å². The molecule has 62 heavy (non-hydrogen) atoms. The molecule has 0 radical (unpaired) electrons. The maximum atomic E-state index is 6.87. The Morgan fingerprint density at radius 1 is 0.387 bits per heavy atom. The number of hydrogen-bond donors (Lipinski definition) is 0. The first-order chi connectivity index (χ1) is 28.1. The topological polar surface area (TPSA) is 55.4 Å². The molecule has 2 aromatic carbocycles. The summed E-state index contributed by atoms with van der Waals surface area (Å²) in [5.74, 6) is 1.77. The van der Waals surface area contributed by atoms with E-state index in [1.165, 1.54) is 0 Å². The van der Waals surface area contributed by atoms with Gasteiger partial charge in [0.15, 0.2) is 33.3 Å². The van der Waals surface area contributed by atoms with Crippen molar-refractivity contribution < 1.29 is 27.2 Å². The lowest BCUT2D eigenvalue weighted by Crippen LogP contribution is -2.48. The summed E-state index contributed by atoms with van der Waals surface area (Å²) >= 11 is 0. The minimum Gasteiger partial charge on any atom is -0.494 e. The second-order valence-electron chi connectivity index (χ2n) is 24.6. The summed E-state index contributed by atoms with van der Waals surface area (Å²) in [6.45, 7) is 55.1. The molecule has 0 saturated heterocycles. The Kier molecular flexibility index (Phi) is 20.0. The first-order valence-electron chi connectivity index (χ1n) is 23.8. The van der Waals surface area contributed by atoms with Crippen molar-refractivity contribution >= 4 is 45.4 Å². The molecule has 0 aliphatic heterocycles. The number of ether oxygens (including phenoxy) is 2. The molecule has 10 heteroatoms. The smallest absolute Gasteiger partial charge is 0.192 e. The van der Waals surface area contributed by atoms with E-state index in [4.69, 9.17) is 27.2 Å². The van der Waals surface area contributed by atoms with Gasteiger partial charge in [0.25, 0.3) is 0 Å². The zero-order chi connectivity index (χ0) is 47.7. The van der Waals surface area contributed by atoms with Crippen molar-refractivity contribution in [2.75, 3.05) is 39.6 Å². The average Bonchev–Trinajstić information content (AvgIpc) is 3.15. The summed E-state index contributed by atoms with van der Waals surface area (Å²) in [5.41, 5.74) is 2.05. The van der Waals surface area contributed by atoms with Crippen molar-refractivity contribution in [1.82, 2.24) is 0 Å². The molecular weight excluding hydrogens is 833 g/mol. The Bertz CT molecular complexity index is 1470. The fraction of sp³-hybridized carbons (Fsp3) is 0.731. The molecule has 0 spiro atoms. The first kappa shape index (κ1) is 56.6. The highest BCUT2D eigenvalue weighted by Gasteiger charge is 2.45. The van der Waals surface area contributed by atoms with Crippen molar-refractivity contribution in [3.8, 4) is 11.5 Å². The molecular formula is C52H96O6Si4. The van der Waals surface area contributed by atoms with Crippen LogP contribution >= 0.6 is 0 Å². The monoisotopic (exact) mass is 929 g/mol. The van der Waals surface area contributed by atoms with Crippen LogP contribution in [0.4, 0.5) is 0 Å². The van der Waals surface area contributed by atoms with Crippen LogP contribution in [0.2, 0.25) is 72.5 Å². The van der Waals surface area contributed by atoms with E-state index in [1.54, 1.807) is 0 Å². The van der Waals surface area contributed by atoms with Crippen molar-refractivity contribution in [3.63, 3.8) is 0 Å². The summed E-state index contributed by atoms with van der Waals surface area (Å²) < 4.78 is 40.3. The third kappa shape index (κ3) is 16.7. The number of hydrogen-bond acceptors (Lipinski definition) is 6. The maximum absolute atomic E-state index is 6.87. The van der Waals surface area contributed by atoms with E-state index < -0.39 is 33.3 Å². The zero-order valence-electron chi connectivity index (χ0n) is 44.3. The summed E-state index contributed by atoms with van der Waals surface area (Å²) in [6.07, 6.45) is 8.03. The third-order valence-electron chi connectivity index (χ3n) is 15.7. The van der Waals surface area contributed by atoms with E-state index in [1.807, 2.05) is 0 Å². The molecule has 0 N–H and O–H groups in total. The summed E-state index contributed by atoms with van der Waals surface area (Å²) in [4.78, 5) is 0. The van der Waals surface area contributed by atoms with Gasteiger partial charge in [0.2, 0.25) is 0 Å². The fourth-order valence-electron chi connectivity index (χ4n) is 5.65. The van der Waals surface area contributed by atoms with Crippen LogP contribution in [-0.4, -0.2) is 72.9 Å². The van der Waals surface area contributed by atoms with E-state index in [-0.39, 0.29) is 31.0 Å². The minimum atomic E-state index is -1.93. The highest BCUT2D eigenvalue weighted by Crippen LogP contribution is 2.43. The molecule has 0 heterocycles. The zero-order valence-corrected chi connectivity index (χ0v) is 48.3. The second kappa shape index (κ2) is 21.9. The predicted octanol–water partition coefficient (Wildman–Crippen LogP) is 16.3. The summed E-state index contributed by atoms with van der Waals surface area (Å²) in [6, 6.07) is 16.8. The molecule has 0 bridgehead atoms. The van der Waals surface area contributed by atoms with E-state index in [0.29, 0.717) is 39.6 Å². The Morgan fingerprint density at radius 3 is 0.806 bits per heavy atom. The Hall–Kier alpha value is -1.51. The molecule has 0 atom stereocenters. The number of benzene rings is 2. The van der Waals surface area contributed by atoms with Gasteiger partial charge in [-0.15, -0.1) is 0 Å². The van der Waals surface area contributed by atoms with Crippen molar-refractivity contribution in [2.45, 2.75) is 195 Å². The van der Waals surface area contributed by atoms with Gasteiger partial charge in [-0.05, 0) is 134 Å². The van der Waals surface area contributed by atoms with Gasteiger partial charge in [-0.2, -0.15) is 0 Å². The van der Waals surface area contributed by atoms with Crippen LogP contribution in [-0.2, 0) is 17.7 Å². The molecule has 0 aliphatic rings. The predicted molar refractivity (Wildman–Crippen MR) is 280 cm³/mol. The van der Waals surface area contributed by atoms with Crippen molar-refractivity contribution in [1.29, 1.82) is 0 Å². The molecule has 6 nitrogen and oxygen atoms in total. The van der Waals surface area contributed by atoms with Crippen molar-refractivity contribution in [2.24, 2.45) is 10.8 Å². The van der Waals surface area contributed by atoms with Crippen LogP contribution in [0.15, 0.2) is 48.5 Å². The van der Waals surface area contributed by atoms with Gasteiger partial charge < -0.3 is 27.2 Å². The third-order valence-corrected chi connectivity index (χ3v) is 33.6. The molecule has 0 aliphatic carbocycles. The van der Waals surface area contributed by atoms with Crippen LogP contribution in [0.1, 0.15) is 134 Å². The quantitative estimate of drug-likeness (QED) is 0.0772. The van der Waals surface area contributed by atoms with E-state index in [0.717, 1.165) is 48.3 Å². The Morgan fingerprint density at radius 2 is 0.613 bits per heavy atom. The highest BCUT2D eigenvalue weighted by molar-refractivity contribution is 6.75. The van der Waals surface area contributed by atoms with Crippen molar-refractivity contribution in [3.05, 3.63) is 59.7 Å². The molecule has 0 amide bonds. The standard InChI is InChI=1S/C52H96O6Si4/c1-23-51(39-55-59(15,16)47(3,4)5,40-56-60(17,18)48(6,7)8)35-37-53-45-31-27-43(28-32-45)25-26-44-29-33-46(34-30-44)54-38-36-52(24-2,41-57-61(19,20)49(9,10)11)42-58-62(21,22)50(12,13)14/h25-34H,23-24,35-42H2,1-22H3/b26-25+. The summed E-state index contributed by atoms with van der Waals surface area (Å²) in [5, 5.41) is 0.619. The number of rotatable bonds is 24. The molecule has 0 fully saturated rings. The van der Waals surface area contributed by atoms with E-state index in [2.05, 4.69) is 210 Å². The van der Waals surface area contributed by atoms with Crippen LogP contribution in [0.3, 0.4) is 0 Å². The first-order valence-corrected chi connectivity index (χ1v) is 35.4. The van der Waals surface area contributed by atoms with Crippen LogP contribution in [0.25, 0.3) is 12.2 Å². The van der Waals surface area contributed by atoms with Crippen LogP contribution in [0.5, 0.6) is 11.5 Å². The van der Waals surface area contributed by atoms with E-state index in [9.17, 15) is 0 Å². The highest BCUT2D eigenvalue weighted by atomic mass is 28.4. The van der Waals surface area contributed by atoms with Gasteiger partial charge in [0.05, 0.1) is 13.2 Å². The molecule has 0 aromatic heterocycles. The van der Waals surface area contributed by atoms with Gasteiger partial charge in [-0.1, -0.05) is 133 Å². The summed E-state index contributed by atoms with van der Waals surface area (Å²) in [7, 11) is -7.72. The van der Waals surface area contributed by atoms with Crippen LogP contribution < -0.4 is 9.47 Å². The molecule has 2 rings (SSSR count). The maximum Gasteiger partial charge on any atom is 0.192 e. The second-order valence-corrected chi connectivity index (χ2v) is 43.8. The Balaban J connectivity index is 2.09. The lowest BCUT2D eigenvalue weighted by atomic mass is 9.84. The Labute approximate surface area is 387 Å². The average molecular weight is 930 g/mol. The van der Waals surface area contributed by atoms with Gasteiger partial charge in [-0.3, -0.25) is 0 Å². The SMILES string of the molecule is CCC(CCOc1ccc(/C=C/c2ccc(OCCC(CC)(CO[Si](C)(C)C(C)(C)C)CO[Si](C)(C)C(C)(C)C)cc2)cc1)(CO[Si](C)(C)C(C)(C)C)CO[Si](C)(C)C(C)(C)C. The largest absolute Gasteiger partial charge is 0.494 e. The lowest BCUT2D eigenvalue weighted by Gasteiger charge is -2.44. The van der Waals surface area contributed by atoms with Gasteiger partial charge in [0, 0.05) is 37.3 Å². The molecule has 356 valence electrons. The fourth-order valence-corrected chi connectivity index (χ4v) is 10.0. The molecule has 2 aromatic rings. The van der Waals surface area contributed by atoms with E-state index >= 15 is 0 Å². The van der Waals surface area contributed by atoms with Gasteiger partial charge >= 0.3 is 0 Å². The normalized spacial score (nSPS) is 14.5.